The molecule has 1 fully saturated rings. The lowest BCUT2D eigenvalue weighted by Gasteiger charge is -2.44. The van der Waals surface area contributed by atoms with Gasteiger partial charge in [-0.05, 0) is 51.7 Å². The molecule has 0 aliphatic carbocycles. The third-order valence-corrected chi connectivity index (χ3v) is 7.37. The van der Waals surface area contributed by atoms with Gasteiger partial charge in [0.15, 0.2) is 11.2 Å². The first-order valence-electron chi connectivity index (χ1n) is 13.4. The molecule has 1 aromatic heterocycles. The lowest BCUT2D eigenvalue weighted by atomic mass is 9.83. The van der Waals surface area contributed by atoms with E-state index in [0.717, 1.165) is 20.9 Å². The van der Waals surface area contributed by atoms with Crippen LogP contribution in [0.2, 0.25) is 0 Å². The van der Waals surface area contributed by atoms with Crippen molar-refractivity contribution in [3.63, 3.8) is 0 Å². The first-order chi connectivity index (χ1) is 19.5. The minimum absolute atomic E-state index is 0.0293. The number of esters is 1. The van der Waals surface area contributed by atoms with Crippen LogP contribution >= 0.6 is 11.3 Å². The summed E-state index contributed by atoms with van der Waals surface area (Å²) in [6, 6.07) is 16.5. The van der Waals surface area contributed by atoms with Crippen LogP contribution in [0.5, 0.6) is 0 Å². The SMILES string of the molecule is CC(NC(=O)N1C(=O)C(CCc2cnc(NC(=O)OC(C)(C)C)s2)C1C(=O)OCc1ccccc1)c1ccccc1. The maximum atomic E-state index is 13.2. The van der Waals surface area contributed by atoms with Crippen molar-refractivity contribution < 1.29 is 28.7 Å². The van der Waals surface area contributed by atoms with Crippen LogP contribution in [0, 0.1) is 5.92 Å². The van der Waals surface area contributed by atoms with Gasteiger partial charge in [0.05, 0.1) is 12.0 Å². The summed E-state index contributed by atoms with van der Waals surface area (Å²) in [5.41, 5.74) is 1.02. The number of hydrogen-bond donors (Lipinski definition) is 2. The molecule has 41 heavy (non-hydrogen) atoms. The Kier molecular flexibility index (Phi) is 9.38. The Bertz CT molecular complexity index is 1370. The Morgan fingerprint density at radius 1 is 1.05 bits per heavy atom. The molecule has 10 nitrogen and oxygen atoms in total. The Labute approximate surface area is 243 Å². The number of aryl methyl sites for hydroxylation is 1. The number of aromatic nitrogens is 1. The number of imide groups is 1. The summed E-state index contributed by atoms with van der Waals surface area (Å²) in [6.45, 7) is 7.14. The summed E-state index contributed by atoms with van der Waals surface area (Å²) >= 11 is 1.25. The van der Waals surface area contributed by atoms with Crippen LogP contribution < -0.4 is 10.6 Å². The molecule has 216 valence electrons. The summed E-state index contributed by atoms with van der Waals surface area (Å²) in [6.07, 6.45) is 1.72. The van der Waals surface area contributed by atoms with Crippen LogP contribution in [-0.4, -0.2) is 45.5 Å². The lowest BCUT2D eigenvalue weighted by Crippen LogP contribution is -2.68. The number of nitrogens with one attached hydrogen (secondary N) is 2. The van der Waals surface area contributed by atoms with Gasteiger partial charge in [0.25, 0.3) is 0 Å². The lowest BCUT2D eigenvalue weighted by molar-refractivity contribution is -0.170. The molecule has 3 aromatic rings. The second kappa shape index (κ2) is 12.9. The Morgan fingerprint density at radius 3 is 2.37 bits per heavy atom. The number of rotatable bonds is 9. The quantitative estimate of drug-likeness (QED) is 0.255. The van der Waals surface area contributed by atoms with Crippen LogP contribution in [0.15, 0.2) is 66.9 Å². The molecule has 1 aliphatic rings. The molecular formula is C30H34N4O6S. The highest BCUT2D eigenvalue weighted by Gasteiger charge is 2.55. The second-order valence-corrected chi connectivity index (χ2v) is 11.8. The molecule has 1 saturated heterocycles. The first-order valence-corrected chi connectivity index (χ1v) is 14.2. The van der Waals surface area contributed by atoms with Gasteiger partial charge >= 0.3 is 18.1 Å². The molecule has 11 heteroatoms. The van der Waals surface area contributed by atoms with Crippen LogP contribution in [0.1, 0.15) is 56.2 Å². The van der Waals surface area contributed by atoms with Gasteiger partial charge in [0.2, 0.25) is 5.91 Å². The average molecular weight is 579 g/mol. The summed E-state index contributed by atoms with van der Waals surface area (Å²) < 4.78 is 10.8. The van der Waals surface area contributed by atoms with Gasteiger partial charge in [-0.15, -0.1) is 11.3 Å². The monoisotopic (exact) mass is 578 g/mol. The normalized spacial score (nSPS) is 17.3. The number of benzene rings is 2. The minimum Gasteiger partial charge on any atom is -0.459 e. The number of nitrogens with zero attached hydrogens (tertiary/aromatic N) is 2. The number of likely N-dealkylation sites (tertiary alicyclic amines) is 1. The predicted octanol–water partition coefficient (Wildman–Crippen LogP) is 5.46. The number of hydrogen-bond acceptors (Lipinski definition) is 8. The number of urea groups is 1. The summed E-state index contributed by atoms with van der Waals surface area (Å²) in [7, 11) is 0. The van der Waals surface area contributed by atoms with Gasteiger partial charge < -0.3 is 14.8 Å². The zero-order valence-electron chi connectivity index (χ0n) is 23.5. The number of anilines is 1. The average Bonchev–Trinajstić information content (AvgIpc) is 3.37. The number of carbonyl (C=O) groups excluding carboxylic acids is 4. The minimum atomic E-state index is -1.05. The van der Waals surface area contributed by atoms with E-state index in [1.807, 2.05) is 67.6 Å². The van der Waals surface area contributed by atoms with Gasteiger partial charge in [-0.1, -0.05) is 60.7 Å². The molecule has 0 saturated carbocycles. The maximum absolute atomic E-state index is 13.2. The van der Waals surface area contributed by atoms with E-state index < -0.39 is 41.6 Å². The molecule has 1 aliphatic heterocycles. The van der Waals surface area contributed by atoms with E-state index in [0.29, 0.717) is 18.0 Å². The number of amides is 4. The number of β-lactam (4-membered cyclic amide) rings is 1. The van der Waals surface area contributed by atoms with Crippen molar-refractivity contribution >= 4 is 40.5 Å². The summed E-state index contributed by atoms with van der Waals surface area (Å²) in [4.78, 5) is 57.6. The van der Waals surface area contributed by atoms with E-state index in [4.69, 9.17) is 9.47 Å². The van der Waals surface area contributed by atoms with Gasteiger partial charge in [-0.25, -0.2) is 24.3 Å². The molecule has 2 heterocycles. The van der Waals surface area contributed by atoms with Crippen molar-refractivity contribution in [2.24, 2.45) is 5.92 Å². The maximum Gasteiger partial charge on any atom is 0.413 e. The largest absolute Gasteiger partial charge is 0.459 e. The Hall–Kier alpha value is -4.25. The third-order valence-electron chi connectivity index (χ3n) is 6.40. The van der Waals surface area contributed by atoms with Gasteiger partial charge in [0.1, 0.15) is 12.2 Å². The highest BCUT2D eigenvalue weighted by molar-refractivity contribution is 7.15. The van der Waals surface area contributed by atoms with Crippen LogP contribution in [0.3, 0.4) is 0 Å². The van der Waals surface area contributed by atoms with Crippen molar-refractivity contribution in [3.8, 4) is 0 Å². The number of ether oxygens (including phenoxy) is 2. The molecule has 4 rings (SSSR count). The van der Waals surface area contributed by atoms with Gasteiger partial charge in [0, 0.05) is 11.1 Å². The third kappa shape index (κ3) is 7.91. The van der Waals surface area contributed by atoms with E-state index in [9.17, 15) is 19.2 Å². The van der Waals surface area contributed by atoms with Gasteiger partial charge in [-0.2, -0.15) is 0 Å². The van der Waals surface area contributed by atoms with Crippen molar-refractivity contribution in [2.75, 3.05) is 5.32 Å². The van der Waals surface area contributed by atoms with Crippen molar-refractivity contribution in [1.82, 2.24) is 15.2 Å². The Morgan fingerprint density at radius 2 is 1.71 bits per heavy atom. The molecule has 2 N–H and O–H groups in total. The molecule has 0 bridgehead atoms. The van der Waals surface area contributed by atoms with Crippen molar-refractivity contribution in [1.29, 1.82) is 0 Å². The topological polar surface area (TPSA) is 127 Å². The van der Waals surface area contributed by atoms with E-state index >= 15 is 0 Å². The molecule has 2 aromatic carbocycles. The number of carbonyl (C=O) groups is 4. The van der Waals surface area contributed by atoms with Crippen molar-refractivity contribution in [3.05, 3.63) is 82.9 Å². The zero-order valence-corrected chi connectivity index (χ0v) is 24.3. The Balaban J connectivity index is 1.42. The zero-order chi connectivity index (χ0) is 29.6. The molecule has 0 radical (unpaired) electrons. The molecule has 4 amide bonds. The fourth-order valence-electron chi connectivity index (χ4n) is 4.39. The molecule has 3 atom stereocenters. The van der Waals surface area contributed by atoms with Crippen LogP contribution in [0.4, 0.5) is 14.7 Å². The van der Waals surface area contributed by atoms with Crippen LogP contribution in [-0.2, 0) is 32.1 Å². The highest BCUT2D eigenvalue weighted by atomic mass is 32.1. The molecular weight excluding hydrogens is 544 g/mol. The molecule has 3 unspecified atom stereocenters. The van der Waals surface area contributed by atoms with E-state index in [1.165, 1.54) is 11.3 Å². The fraction of sp³-hybridized carbons (Fsp3) is 0.367. The van der Waals surface area contributed by atoms with E-state index in [-0.39, 0.29) is 12.6 Å². The second-order valence-electron chi connectivity index (χ2n) is 10.7. The number of thiazole rings is 1. The fourth-order valence-corrected chi connectivity index (χ4v) is 5.20. The van der Waals surface area contributed by atoms with Gasteiger partial charge in [-0.3, -0.25) is 10.1 Å². The highest BCUT2D eigenvalue weighted by Crippen LogP contribution is 2.34. The smallest absolute Gasteiger partial charge is 0.413 e. The van der Waals surface area contributed by atoms with Crippen LogP contribution in [0.25, 0.3) is 0 Å². The van der Waals surface area contributed by atoms with E-state index in [2.05, 4.69) is 15.6 Å². The first kappa shape index (κ1) is 29.7. The summed E-state index contributed by atoms with van der Waals surface area (Å²) in [5, 5.41) is 5.78. The van der Waals surface area contributed by atoms with E-state index in [1.54, 1.807) is 27.0 Å². The molecule has 0 spiro atoms. The van der Waals surface area contributed by atoms with Crippen molar-refractivity contribution in [2.45, 2.75) is 64.8 Å². The summed E-state index contributed by atoms with van der Waals surface area (Å²) in [5.74, 6) is -1.82. The predicted molar refractivity (Wildman–Crippen MR) is 154 cm³/mol. The standard InChI is InChI=1S/C30H34N4O6S/c1-19(21-13-9-6-10-14-21)32-28(37)34-24(26(36)39-18-20-11-7-5-8-12-20)23(25(34)35)16-15-22-17-31-27(41-22)33-29(38)40-30(2,3)4/h5-14,17,19,23-24H,15-16,18H2,1-4H3,(H,32,37)(H,31,33,38).